The number of fused-ring (bicyclic) bond motifs is 2. The van der Waals surface area contributed by atoms with Crippen molar-refractivity contribution in [3.05, 3.63) is 71.0 Å². The van der Waals surface area contributed by atoms with Gasteiger partial charge in [0.25, 0.3) is 0 Å². The average Bonchev–Trinajstić information content (AvgIpc) is 3.49. The van der Waals surface area contributed by atoms with Crippen LogP contribution in [0.15, 0.2) is 53.7 Å². The molecule has 2 aliphatic rings. The summed E-state index contributed by atoms with van der Waals surface area (Å²) in [5.41, 5.74) is 18.4. The number of benzene rings is 2. The highest BCUT2D eigenvalue weighted by Gasteiger charge is 2.30. The molecule has 2 aromatic carbocycles. The number of aromatic nitrogens is 1. The summed E-state index contributed by atoms with van der Waals surface area (Å²) in [6.07, 6.45) is 5.89. The maximum absolute atomic E-state index is 8.86. The monoisotopic (exact) mass is 455 g/mol. The largest absolute Gasteiger partial charge is 0.404 e. The molecular formula is C27H33N7. The minimum atomic E-state index is 0.360. The number of allylic oxidation sites excluding steroid dienone is 1. The van der Waals surface area contributed by atoms with E-state index in [1.807, 2.05) is 18.2 Å². The summed E-state index contributed by atoms with van der Waals surface area (Å²) in [6, 6.07) is 15.0. The van der Waals surface area contributed by atoms with E-state index in [4.69, 9.17) is 16.9 Å². The lowest BCUT2D eigenvalue weighted by molar-refractivity contribution is 0.0994. The van der Waals surface area contributed by atoms with Crippen LogP contribution in [0.25, 0.3) is 16.5 Å². The topological polar surface area (TPSA) is 111 Å². The molecule has 34 heavy (non-hydrogen) atoms. The second-order valence-electron chi connectivity index (χ2n) is 9.36. The summed E-state index contributed by atoms with van der Waals surface area (Å²) in [5.74, 6) is 0. The van der Waals surface area contributed by atoms with Crippen LogP contribution in [-0.4, -0.2) is 66.0 Å². The highest BCUT2D eigenvalue weighted by atomic mass is 15.3. The normalized spacial score (nSPS) is 19.8. The SMILES string of the molecule is CN=C/C(=C\N)c1ccc(N)c(C(=N)c2cc3cc(CN4CCN5CCCC5C4)ccc3[nH]2)c1. The molecular weight excluding hydrogens is 422 g/mol. The second kappa shape index (κ2) is 9.44. The number of nitrogens with zero attached hydrogens (tertiary/aromatic N) is 3. The standard InChI is InChI=1S/C27H33N7/c1-31-15-21(14-28)19-5-6-24(29)23(12-19)27(30)26-13-20-11-18(4-7-25(20)32-26)16-33-9-10-34-8-2-3-22(34)17-33/h4-7,11-15,22,30,32H,2-3,8-10,16-17,28-29H2,1H3/b21-14+,30-27?,31-15?. The Bertz CT molecular complexity index is 1270. The van der Waals surface area contributed by atoms with Gasteiger partial charge in [-0.05, 0) is 60.8 Å². The van der Waals surface area contributed by atoms with E-state index in [9.17, 15) is 0 Å². The molecule has 0 radical (unpaired) electrons. The molecule has 176 valence electrons. The van der Waals surface area contributed by atoms with Crippen LogP contribution in [0.5, 0.6) is 0 Å². The van der Waals surface area contributed by atoms with E-state index in [0.717, 1.165) is 46.9 Å². The number of hydrogen-bond acceptors (Lipinski definition) is 6. The molecule has 2 fully saturated rings. The van der Waals surface area contributed by atoms with E-state index in [1.165, 1.54) is 44.2 Å². The van der Waals surface area contributed by atoms with Gasteiger partial charge in [-0.3, -0.25) is 20.2 Å². The molecule has 1 unspecified atom stereocenters. The number of rotatable bonds is 6. The van der Waals surface area contributed by atoms with Gasteiger partial charge >= 0.3 is 0 Å². The Morgan fingerprint density at radius 3 is 2.88 bits per heavy atom. The van der Waals surface area contributed by atoms with Gasteiger partial charge in [-0.2, -0.15) is 0 Å². The van der Waals surface area contributed by atoms with Gasteiger partial charge in [-0.15, -0.1) is 0 Å². The first-order valence-corrected chi connectivity index (χ1v) is 12.0. The second-order valence-corrected chi connectivity index (χ2v) is 9.36. The molecule has 2 aliphatic heterocycles. The molecule has 0 spiro atoms. The molecule has 7 heteroatoms. The fourth-order valence-electron chi connectivity index (χ4n) is 5.32. The summed E-state index contributed by atoms with van der Waals surface area (Å²) < 4.78 is 0. The van der Waals surface area contributed by atoms with Crippen LogP contribution in [0.1, 0.15) is 35.2 Å². The highest BCUT2D eigenvalue weighted by Crippen LogP contribution is 2.26. The van der Waals surface area contributed by atoms with E-state index < -0.39 is 0 Å². The van der Waals surface area contributed by atoms with E-state index in [-0.39, 0.29) is 0 Å². The Morgan fingerprint density at radius 2 is 2.06 bits per heavy atom. The number of hydrogen-bond donors (Lipinski definition) is 4. The summed E-state index contributed by atoms with van der Waals surface area (Å²) in [5, 5.41) is 9.98. The fourth-order valence-corrected chi connectivity index (χ4v) is 5.32. The molecule has 0 aliphatic carbocycles. The van der Waals surface area contributed by atoms with Crippen molar-refractivity contribution in [2.45, 2.75) is 25.4 Å². The lowest BCUT2D eigenvalue weighted by atomic mass is 9.99. The molecule has 6 N–H and O–H groups in total. The van der Waals surface area contributed by atoms with E-state index in [0.29, 0.717) is 17.0 Å². The molecule has 3 aromatic rings. The number of piperazine rings is 1. The van der Waals surface area contributed by atoms with Gasteiger partial charge in [0.05, 0.1) is 11.4 Å². The highest BCUT2D eigenvalue weighted by molar-refractivity contribution is 6.16. The molecule has 0 saturated carbocycles. The zero-order chi connectivity index (χ0) is 23.7. The fraction of sp³-hybridized carbons (Fsp3) is 0.333. The quantitative estimate of drug-likeness (QED) is 0.337. The maximum Gasteiger partial charge on any atom is 0.0868 e. The van der Waals surface area contributed by atoms with Crippen LogP contribution >= 0.6 is 0 Å². The van der Waals surface area contributed by atoms with Gasteiger partial charge in [0.1, 0.15) is 0 Å². The van der Waals surface area contributed by atoms with Gasteiger partial charge in [0, 0.05) is 79.4 Å². The van der Waals surface area contributed by atoms with Crippen molar-refractivity contribution in [3.63, 3.8) is 0 Å². The van der Waals surface area contributed by atoms with Gasteiger partial charge in [0.2, 0.25) is 0 Å². The Kier molecular flexibility index (Phi) is 6.22. The Morgan fingerprint density at radius 1 is 1.18 bits per heavy atom. The number of H-pyrrole nitrogens is 1. The lowest BCUT2D eigenvalue weighted by Crippen LogP contribution is -2.49. The van der Waals surface area contributed by atoms with Crippen molar-refractivity contribution >= 4 is 34.1 Å². The third-order valence-electron chi connectivity index (χ3n) is 7.14. The van der Waals surface area contributed by atoms with Crippen LogP contribution in [0.3, 0.4) is 0 Å². The Labute approximate surface area is 200 Å². The van der Waals surface area contributed by atoms with Gasteiger partial charge in [-0.1, -0.05) is 12.1 Å². The van der Waals surface area contributed by atoms with E-state index in [2.05, 4.69) is 44.0 Å². The first-order chi connectivity index (χ1) is 16.6. The molecule has 0 amide bonds. The summed E-state index contributed by atoms with van der Waals surface area (Å²) >= 11 is 0. The Balaban J connectivity index is 1.37. The smallest absolute Gasteiger partial charge is 0.0868 e. The minimum absolute atomic E-state index is 0.360. The van der Waals surface area contributed by atoms with Crippen LogP contribution in [0, 0.1) is 5.41 Å². The van der Waals surface area contributed by atoms with Gasteiger partial charge < -0.3 is 16.5 Å². The van der Waals surface area contributed by atoms with E-state index >= 15 is 0 Å². The summed E-state index contributed by atoms with van der Waals surface area (Å²) in [4.78, 5) is 12.7. The van der Waals surface area contributed by atoms with Crippen LogP contribution in [0.2, 0.25) is 0 Å². The van der Waals surface area contributed by atoms with Crippen molar-refractivity contribution in [3.8, 4) is 0 Å². The molecule has 5 rings (SSSR count). The van der Waals surface area contributed by atoms with Crippen molar-refractivity contribution < 1.29 is 0 Å². The number of nitrogens with one attached hydrogen (secondary N) is 2. The number of aromatic amines is 1. The first-order valence-electron chi connectivity index (χ1n) is 12.0. The molecule has 2 saturated heterocycles. The van der Waals surface area contributed by atoms with Crippen molar-refractivity contribution in [1.29, 1.82) is 5.41 Å². The lowest BCUT2D eigenvalue weighted by Gasteiger charge is -2.37. The predicted octanol–water partition coefficient (Wildman–Crippen LogP) is 3.45. The third-order valence-corrected chi connectivity index (χ3v) is 7.14. The van der Waals surface area contributed by atoms with Crippen LogP contribution < -0.4 is 11.5 Å². The number of aliphatic imine (C=N–C) groups is 1. The average molecular weight is 456 g/mol. The molecule has 1 aromatic heterocycles. The van der Waals surface area contributed by atoms with Crippen molar-refractivity contribution in [2.24, 2.45) is 10.7 Å². The van der Waals surface area contributed by atoms with Crippen molar-refractivity contribution in [1.82, 2.24) is 14.8 Å². The van der Waals surface area contributed by atoms with Crippen molar-refractivity contribution in [2.75, 3.05) is 39.0 Å². The number of nitrogen functional groups attached to an aromatic ring is 1. The zero-order valence-electron chi connectivity index (χ0n) is 19.7. The van der Waals surface area contributed by atoms with Crippen LogP contribution in [-0.2, 0) is 6.54 Å². The van der Waals surface area contributed by atoms with E-state index in [1.54, 1.807) is 13.3 Å². The maximum atomic E-state index is 8.86. The summed E-state index contributed by atoms with van der Waals surface area (Å²) in [6.45, 7) is 5.73. The molecule has 0 bridgehead atoms. The molecule has 1 atom stereocenters. The van der Waals surface area contributed by atoms with Gasteiger partial charge in [0.15, 0.2) is 0 Å². The Hall–Kier alpha value is -3.42. The van der Waals surface area contributed by atoms with Gasteiger partial charge in [-0.25, -0.2) is 0 Å². The zero-order valence-corrected chi connectivity index (χ0v) is 19.7. The van der Waals surface area contributed by atoms with Crippen LogP contribution in [0.4, 0.5) is 5.69 Å². The molecule has 7 nitrogen and oxygen atoms in total. The first kappa shape index (κ1) is 22.4. The number of anilines is 1. The number of nitrogens with two attached hydrogens (primary N) is 2. The predicted molar refractivity (Wildman–Crippen MR) is 142 cm³/mol. The minimum Gasteiger partial charge on any atom is -0.404 e. The third kappa shape index (κ3) is 4.36. The molecule has 3 heterocycles. The summed E-state index contributed by atoms with van der Waals surface area (Å²) in [7, 11) is 1.71.